The van der Waals surface area contributed by atoms with Gasteiger partial charge in [0.1, 0.15) is 11.6 Å². The lowest BCUT2D eigenvalue weighted by Crippen LogP contribution is -2.00. The lowest BCUT2D eigenvalue weighted by molar-refractivity contribution is 0.104. The highest BCUT2D eigenvalue weighted by Crippen LogP contribution is 2.12. The number of halogens is 2. The van der Waals surface area contributed by atoms with E-state index in [9.17, 15) is 13.6 Å². The molecular weight excluding hydrogens is 262 g/mol. The highest BCUT2D eigenvalue weighted by molar-refractivity contribution is 6.06. The number of carbonyl (C=O) groups is 1. The van der Waals surface area contributed by atoms with Gasteiger partial charge in [-0.3, -0.25) is 9.48 Å². The maximum atomic E-state index is 13.4. The van der Waals surface area contributed by atoms with Crippen LogP contribution in [0.25, 0.3) is 6.08 Å². The lowest BCUT2D eigenvalue weighted by Gasteiger charge is -2.02. The zero-order valence-electron chi connectivity index (χ0n) is 11.2. The van der Waals surface area contributed by atoms with Crippen LogP contribution >= 0.6 is 0 Å². The van der Waals surface area contributed by atoms with Gasteiger partial charge >= 0.3 is 0 Å². The maximum absolute atomic E-state index is 13.4. The Hall–Kier alpha value is -2.30. The van der Waals surface area contributed by atoms with Gasteiger partial charge in [0.2, 0.25) is 0 Å². The fourth-order valence-corrected chi connectivity index (χ4v) is 1.65. The molecular formula is C15H14F2N2O. The minimum absolute atomic E-state index is 0.162. The summed E-state index contributed by atoms with van der Waals surface area (Å²) in [7, 11) is 0. The third kappa shape index (κ3) is 3.17. The van der Waals surface area contributed by atoms with Crippen LogP contribution in [0.1, 0.15) is 35.8 Å². The van der Waals surface area contributed by atoms with E-state index in [-0.39, 0.29) is 17.4 Å². The molecule has 0 amide bonds. The van der Waals surface area contributed by atoms with Gasteiger partial charge in [-0.05, 0) is 38.1 Å². The molecule has 5 heteroatoms. The smallest absolute Gasteiger partial charge is 0.189 e. The van der Waals surface area contributed by atoms with Crippen LogP contribution in [0.5, 0.6) is 0 Å². The number of ketones is 1. The normalized spacial score (nSPS) is 11.4. The molecule has 3 nitrogen and oxygen atoms in total. The molecule has 0 aliphatic heterocycles. The number of benzene rings is 1. The second-order valence-corrected chi connectivity index (χ2v) is 4.67. The summed E-state index contributed by atoms with van der Waals surface area (Å²) in [6.45, 7) is 3.90. The Labute approximate surface area is 115 Å². The van der Waals surface area contributed by atoms with E-state index in [0.29, 0.717) is 5.56 Å². The van der Waals surface area contributed by atoms with E-state index >= 15 is 0 Å². The summed E-state index contributed by atoms with van der Waals surface area (Å²) in [6, 6.07) is 3.37. The van der Waals surface area contributed by atoms with Gasteiger partial charge in [0.15, 0.2) is 5.78 Å². The van der Waals surface area contributed by atoms with Crippen molar-refractivity contribution in [1.82, 2.24) is 9.78 Å². The molecule has 104 valence electrons. The molecule has 2 rings (SSSR count). The number of carbonyl (C=O) groups excluding carboxylic acids is 1. The van der Waals surface area contributed by atoms with Crippen molar-refractivity contribution in [2.24, 2.45) is 0 Å². The van der Waals surface area contributed by atoms with E-state index in [1.165, 1.54) is 24.4 Å². The van der Waals surface area contributed by atoms with Crippen molar-refractivity contribution < 1.29 is 13.6 Å². The van der Waals surface area contributed by atoms with Crippen molar-refractivity contribution in [2.45, 2.75) is 19.9 Å². The first-order chi connectivity index (χ1) is 9.47. The summed E-state index contributed by atoms with van der Waals surface area (Å²) in [6.07, 6.45) is 5.67. The van der Waals surface area contributed by atoms with Crippen molar-refractivity contribution in [3.05, 3.63) is 59.4 Å². The van der Waals surface area contributed by atoms with Crippen molar-refractivity contribution >= 4 is 11.9 Å². The number of allylic oxidation sites excluding steroid dienone is 1. The van der Waals surface area contributed by atoms with Crippen LogP contribution < -0.4 is 0 Å². The number of nitrogens with zero attached hydrogens (tertiary/aromatic N) is 2. The molecule has 0 N–H and O–H groups in total. The van der Waals surface area contributed by atoms with E-state index < -0.39 is 11.6 Å². The van der Waals surface area contributed by atoms with Crippen LogP contribution in [-0.4, -0.2) is 15.6 Å². The molecule has 0 aliphatic carbocycles. The number of hydrogen-bond donors (Lipinski definition) is 0. The van der Waals surface area contributed by atoms with Gasteiger partial charge in [-0.1, -0.05) is 0 Å². The first-order valence-corrected chi connectivity index (χ1v) is 6.19. The quantitative estimate of drug-likeness (QED) is 0.631. The van der Waals surface area contributed by atoms with Crippen molar-refractivity contribution in [3.63, 3.8) is 0 Å². The summed E-state index contributed by atoms with van der Waals surface area (Å²) in [5.74, 6) is -1.63. The SMILES string of the molecule is CC(C)n1cc(C(=O)/C=C/c2ccc(F)cc2F)cn1. The molecule has 1 aromatic carbocycles. The third-order valence-corrected chi connectivity index (χ3v) is 2.79. The molecule has 0 atom stereocenters. The van der Waals surface area contributed by atoms with Crippen LogP contribution in [-0.2, 0) is 0 Å². The number of rotatable bonds is 4. The van der Waals surface area contributed by atoms with Crippen molar-refractivity contribution in [1.29, 1.82) is 0 Å². The van der Waals surface area contributed by atoms with Crippen LogP contribution in [0.3, 0.4) is 0 Å². The van der Waals surface area contributed by atoms with Gasteiger partial charge in [0, 0.05) is 23.9 Å². The molecule has 0 bridgehead atoms. The highest BCUT2D eigenvalue weighted by atomic mass is 19.1. The van der Waals surface area contributed by atoms with E-state index in [4.69, 9.17) is 0 Å². The van der Waals surface area contributed by atoms with Gasteiger partial charge in [-0.15, -0.1) is 0 Å². The van der Waals surface area contributed by atoms with E-state index in [1.807, 2.05) is 13.8 Å². The first-order valence-electron chi connectivity index (χ1n) is 6.19. The molecule has 20 heavy (non-hydrogen) atoms. The van der Waals surface area contributed by atoms with Gasteiger partial charge in [-0.25, -0.2) is 8.78 Å². The van der Waals surface area contributed by atoms with Gasteiger partial charge in [-0.2, -0.15) is 5.10 Å². The summed E-state index contributed by atoms with van der Waals surface area (Å²) in [4.78, 5) is 11.9. The lowest BCUT2D eigenvalue weighted by atomic mass is 10.1. The highest BCUT2D eigenvalue weighted by Gasteiger charge is 2.07. The average molecular weight is 276 g/mol. The molecule has 0 spiro atoms. The Morgan fingerprint density at radius 1 is 1.35 bits per heavy atom. The Balaban J connectivity index is 2.15. The molecule has 0 saturated carbocycles. The minimum Gasteiger partial charge on any atom is -0.289 e. The largest absolute Gasteiger partial charge is 0.289 e. The molecule has 0 saturated heterocycles. The van der Waals surface area contributed by atoms with Crippen LogP contribution in [0, 0.1) is 11.6 Å². The van der Waals surface area contributed by atoms with E-state index in [1.54, 1.807) is 10.9 Å². The zero-order chi connectivity index (χ0) is 14.7. The fourth-order valence-electron chi connectivity index (χ4n) is 1.65. The zero-order valence-corrected chi connectivity index (χ0v) is 11.2. The molecule has 0 unspecified atom stereocenters. The predicted octanol–water partition coefficient (Wildman–Crippen LogP) is 3.64. The average Bonchev–Trinajstić information content (AvgIpc) is 2.87. The van der Waals surface area contributed by atoms with Gasteiger partial charge < -0.3 is 0 Å². The van der Waals surface area contributed by atoms with Gasteiger partial charge in [0.25, 0.3) is 0 Å². The summed E-state index contributed by atoms with van der Waals surface area (Å²) < 4.78 is 27.8. The molecule has 1 aromatic heterocycles. The van der Waals surface area contributed by atoms with E-state index in [0.717, 1.165) is 12.1 Å². The summed E-state index contributed by atoms with van der Waals surface area (Å²) in [5.41, 5.74) is 0.591. The summed E-state index contributed by atoms with van der Waals surface area (Å²) in [5, 5.41) is 4.06. The summed E-state index contributed by atoms with van der Waals surface area (Å²) >= 11 is 0. The second-order valence-electron chi connectivity index (χ2n) is 4.67. The van der Waals surface area contributed by atoms with Crippen LogP contribution in [0.2, 0.25) is 0 Å². The first kappa shape index (κ1) is 14.1. The monoisotopic (exact) mass is 276 g/mol. The standard InChI is InChI=1S/C15H14F2N2O/c1-10(2)19-9-12(8-18-19)15(20)6-4-11-3-5-13(16)7-14(11)17/h3-10H,1-2H3/b6-4+. The van der Waals surface area contributed by atoms with Crippen LogP contribution in [0.15, 0.2) is 36.7 Å². The van der Waals surface area contributed by atoms with Crippen LogP contribution in [0.4, 0.5) is 8.78 Å². The fraction of sp³-hybridized carbons (Fsp3) is 0.200. The van der Waals surface area contributed by atoms with Crippen molar-refractivity contribution in [2.75, 3.05) is 0 Å². The van der Waals surface area contributed by atoms with Gasteiger partial charge in [0.05, 0.1) is 11.8 Å². The molecule has 0 fully saturated rings. The molecule has 0 radical (unpaired) electrons. The topological polar surface area (TPSA) is 34.9 Å². The molecule has 1 heterocycles. The number of aromatic nitrogens is 2. The Bertz CT molecular complexity index is 660. The third-order valence-electron chi connectivity index (χ3n) is 2.79. The van der Waals surface area contributed by atoms with E-state index in [2.05, 4.69) is 5.10 Å². The Kier molecular flexibility index (Phi) is 4.08. The Morgan fingerprint density at radius 3 is 2.70 bits per heavy atom. The second kappa shape index (κ2) is 5.77. The van der Waals surface area contributed by atoms with Crippen molar-refractivity contribution in [3.8, 4) is 0 Å². The maximum Gasteiger partial charge on any atom is 0.189 e. The minimum atomic E-state index is -0.702. The predicted molar refractivity (Wildman–Crippen MR) is 72.3 cm³/mol. The number of hydrogen-bond acceptors (Lipinski definition) is 2. The Morgan fingerprint density at radius 2 is 2.10 bits per heavy atom. The molecule has 2 aromatic rings. The molecule has 0 aliphatic rings.